The summed E-state index contributed by atoms with van der Waals surface area (Å²) in [6, 6.07) is 11.1. The molecule has 6 nitrogen and oxygen atoms in total. The number of rotatable bonds is 4. The van der Waals surface area contributed by atoms with Crippen LogP contribution in [0.1, 0.15) is 43.9 Å². The number of hydrogen-bond acceptors (Lipinski definition) is 3. The van der Waals surface area contributed by atoms with Crippen molar-refractivity contribution in [1.29, 1.82) is 0 Å². The van der Waals surface area contributed by atoms with Crippen LogP contribution in [0.2, 0.25) is 0 Å². The van der Waals surface area contributed by atoms with Crippen LogP contribution in [0.15, 0.2) is 54.0 Å². The van der Waals surface area contributed by atoms with Crippen molar-refractivity contribution in [3.8, 4) is 0 Å². The first-order valence-corrected chi connectivity index (χ1v) is 10.9. The molecule has 1 aromatic carbocycles. The van der Waals surface area contributed by atoms with E-state index >= 15 is 0 Å². The zero-order valence-electron chi connectivity index (χ0n) is 18.0. The third kappa shape index (κ3) is 5.35. The summed E-state index contributed by atoms with van der Waals surface area (Å²) in [7, 11) is 1.89. The quantitative estimate of drug-likeness (QED) is 0.372. The van der Waals surface area contributed by atoms with Crippen LogP contribution in [-0.2, 0) is 4.74 Å². The van der Waals surface area contributed by atoms with Gasteiger partial charge < -0.3 is 19.5 Å². The highest BCUT2D eigenvalue weighted by molar-refractivity contribution is 14.0. The lowest BCUT2D eigenvalue weighted by Crippen LogP contribution is -2.50. The van der Waals surface area contributed by atoms with Gasteiger partial charge in [0.15, 0.2) is 5.96 Å². The van der Waals surface area contributed by atoms with Gasteiger partial charge in [0.25, 0.3) is 0 Å². The number of imidazole rings is 1. The maximum absolute atomic E-state index is 6.16. The molecule has 7 heteroatoms. The molecule has 2 aliphatic heterocycles. The lowest BCUT2D eigenvalue weighted by molar-refractivity contribution is -0.0267. The number of aliphatic imine (C=N–C) groups is 1. The monoisotopic (exact) mass is 523 g/mol. The van der Waals surface area contributed by atoms with Crippen LogP contribution in [0, 0.1) is 11.8 Å². The molecule has 30 heavy (non-hydrogen) atoms. The van der Waals surface area contributed by atoms with Gasteiger partial charge in [-0.3, -0.25) is 4.99 Å². The predicted octanol–water partition coefficient (Wildman–Crippen LogP) is 4.13. The molecule has 1 aromatic heterocycles. The van der Waals surface area contributed by atoms with Gasteiger partial charge in [-0.25, -0.2) is 4.98 Å². The maximum atomic E-state index is 6.16. The van der Waals surface area contributed by atoms with E-state index in [1.807, 2.05) is 19.6 Å². The molecule has 0 saturated carbocycles. The summed E-state index contributed by atoms with van der Waals surface area (Å²) in [5.74, 6) is 2.09. The molecule has 0 amide bonds. The van der Waals surface area contributed by atoms with Crippen molar-refractivity contribution in [3.63, 3.8) is 0 Å². The summed E-state index contributed by atoms with van der Waals surface area (Å²) in [5.41, 5.74) is 1.28. The van der Waals surface area contributed by atoms with E-state index in [-0.39, 0.29) is 30.1 Å². The molecule has 2 saturated heterocycles. The van der Waals surface area contributed by atoms with Crippen molar-refractivity contribution in [2.24, 2.45) is 16.8 Å². The van der Waals surface area contributed by atoms with Crippen LogP contribution in [0.3, 0.4) is 0 Å². The molecule has 4 unspecified atom stereocenters. The molecule has 3 heterocycles. The van der Waals surface area contributed by atoms with Gasteiger partial charge in [0.2, 0.25) is 0 Å². The Labute approximate surface area is 197 Å². The van der Waals surface area contributed by atoms with Crippen molar-refractivity contribution < 1.29 is 4.74 Å². The van der Waals surface area contributed by atoms with Gasteiger partial charge in [0, 0.05) is 51.6 Å². The van der Waals surface area contributed by atoms with E-state index in [2.05, 4.69) is 68.2 Å². The molecule has 4 rings (SSSR count). The summed E-state index contributed by atoms with van der Waals surface area (Å²) in [4.78, 5) is 11.2. The van der Waals surface area contributed by atoms with Crippen LogP contribution in [-0.4, -0.2) is 53.7 Å². The van der Waals surface area contributed by atoms with E-state index in [0.717, 1.165) is 45.0 Å². The number of ether oxygens (including phenoxy) is 1. The Bertz CT molecular complexity index is 782. The Morgan fingerprint density at radius 1 is 1.27 bits per heavy atom. The standard InChI is InChI=1S/C23H33N5O.HI/c1-18-10-12-27(16-21(18)28-13-11-25-17-28)23(24-2)26-15-20-9-6-14-29-22(20)19-7-4-3-5-8-19;/h3-5,7-8,11,13,17-18,20-22H,6,9-10,12,14-16H2,1-2H3,(H,24,26);1H. The largest absolute Gasteiger partial charge is 0.373 e. The molecule has 0 spiro atoms. The van der Waals surface area contributed by atoms with Gasteiger partial charge in [0.1, 0.15) is 0 Å². The number of nitrogens with one attached hydrogen (secondary N) is 1. The van der Waals surface area contributed by atoms with Crippen molar-refractivity contribution in [2.75, 3.05) is 33.3 Å². The normalized spacial score (nSPS) is 27.4. The van der Waals surface area contributed by atoms with E-state index in [1.165, 1.54) is 12.0 Å². The second kappa shape index (κ2) is 11.1. The fourth-order valence-corrected chi connectivity index (χ4v) is 4.71. The number of hydrogen-bond donors (Lipinski definition) is 1. The van der Waals surface area contributed by atoms with Gasteiger partial charge >= 0.3 is 0 Å². The molecule has 1 N–H and O–H groups in total. The molecular formula is C23H34IN5O. The van der Waals surface area contributed by atoms with Crippen LogP contribution < -0.4 is 5.32 Å². The SMILES string of the molecule is CN=C(NCC1CCCOC1c1ccccc1)N1CCC(C)C(n2ccnc2)C1.I. The number of nitrogens with zero attached hydrogens (tertiary/aromatic N) is 4. The number of guanidine groups is 1. The van der Waals surface area contributed by atoms with E-state index in [0.29, 0.717) is 17.9 Å². The van der Waals surface area contributed by atoms with Gasteiger partial charge in [-0.15, -0.1) is 24.0 Å². The number of halogens is 1. The van der Waals surface area contributed by atoms with Gasteiger partial charge in [-0.1, -0.05) is 37.3 Å². The van der Waals surface area contributed by atoms with E-state index in [4.69, 9.17) is 4.74 Å². The average molecular weight is 523 g/mol. The second-order valence-corrected chi connectivity index (χ2v) is 8.32. The van der Waals surface area contributed by atoms with Crippen molar-refractivity contribution in [1.82, 2.24) is 19.8 Å². The molecular weight excluding hydrogens is 489 g/mol. The molecule has 0 radical (unpaired) electrons. The summed E-state index contributed by atoms with van der Waals surface area (Å²) >= 11 is 0. The third-order valence-electron chi connectivity index (χ3n) is 6.43. The zero-order valence-corrected chi connectivity index (χ0v) is 20.3. The Morgan fingerprint density at radius 2 is 2.10 bits per heavy atom. The van der Waals surface area contributed by atoms with E-state index in [9.17, 15) is 0 Å². The first kappa shape index (κ1) is 23.1. The first-order valence-electron chi connectivity index (χ1n) is 10.9. The number of piperidine rings is 1. The summed E-state index contributed by atoms with van der Waals surface area (Å²) in [6.45, 7) is 6.06. The van der Waals surface area contributed by atoms with Crippen molar-refractivity contribution in [2.45, 2.75) is 38.3 Å². The Morgan fingerprint density at radius 3 is 2.83 bits per heavy atom. The summed E-state index contributed by atoms with van der Waals surface area (Å²) < 4.78 is 8.40. The third-order valence-corrected chi connectivity index (χ3v) is 6.43. The molecule has 0 bridgehead atoms. The van der Waals surface area contributed by atoms with Crippen LogP contribution in [0.25, 0.3) is 0 Å². The minimum absolute atomic E-state index is 0. The minimum Gasteiger partial charge on any atom is -0.373 e. The molecule has 164 valence electrons. The zero-order chi connectivity index (χ0) is 20.1. The fraction of sp³-hybridized carbons (Fsp3) is 0.565. The highest BCUT2D eigenvalue weighted by Crippen LogP contribution is 2.33. The van der Waals surface area contributed by atoms with E-state index in [1.54, 1.807) is 0 Å². The van der Waals surface area contributed by atoms with Gasteiger partial charge in [-0.2, -0.15) is 0 Å². The topological polar surface area (TPSA) is 54.7 Å². The minimum atomic E-state index is 0. The molecule has 2 fully saturated rings. The molecule has 2 aliphatic rings. The number of benzene rings is 1. The van der Waals surface area contributed by atoms with Crippen LogP contribution in [0.5, 0.6) is 0 Å². The highest BCUT2D eigenvalue weighted by atomic mass is 127. The number of likely N-dealkylation sites (tertiary alicyclic amines) is 1. The lowest BCUT2D eigenvalue weighted by atomic mass is 9.89. The highest BCUT2D eigenvalue weighted by Gasteiger charge is 2.31. The van der Waals surface area contributed by atoms with Crippen molar-refractivity contribution in [3.05, 3.63) is 54.6 Å². The van der Waals surface area contributed by atoms with Gasteiger partial charge in [-0.05, 0) is 30.7 Å². The van der Waals surface area contributed by atoms with Crippen molar-refractivity contribution >= 4 is 29.9 Å². The maximum Gasteiger partial charge on any atom is 0.193 e. The lowest BCUT2D eigenvalue weighted by Gasteiger charge is -2.40. The molecule has 2 aromatic rings. The second-order valence-electron chi connectivity index (χ2n) is 8.32. The molecule has 4 atom stereocenters. The predicted molar refractivity (Wildman–Crippen MR) is 131 cm³/mol. The Balaban J connectivity index is 0.00000256. The average Bonchev–Trinajstić information content (AvgIpc) is 3.31. The number of aromatic nitrogens is 2. The Hall–Kier alpha value is -1.61. The first-order chi connectivity index (χ1) is 14.3. The summed E-state index contributed by atoms with van der Waals surface area (Å²) in [6.07, 6.45) is 9.50. The molecule has 0 aliphatic carbocycles. The van der Waals surface area contributed by atoms with E-state index < -0.39 is 0 Å². The van der Waals surface area contributed by atoms with Crippen LogP contribution >= 0.6 is 24.0 Å². The van der Waals surface area contributed by atoms with Crippen LogP contribution in [0.4, 0.5) is 0 Å². The Kier molecular flexibility index (Phi) is 8.56. The fourth-order valence-electron chi connectivity index (χ4n) is 4.71. The smallest absolute Gasteiger partial charge is 0.193 e. The van der Waals surface area contributed by atoms with Gasteiger partial charge in [0.05, 0.1) is 18.5 Å². The summed E-state index contributed by atoms with van der Waals surface area (Å²) in [5, 5.41) is 3.66.